The molecule has 1 aromatic carbocycles. The summed E-state index contributed by atoms with van der Waals surface area (Å²) in [6.45, 7) is 2.88. The van der Waals surface area contributed by atoms with Gasteiger partial charge in [0.25, 0.3) is 0 Å². The zero-order chi connectivity index (χ0) is 11.7. The van der Waals surface area contributed by atoms with Crippen molar-refractivity contribution in [2.75, 3.05) is 5.73 Å². The molecule has 2 aromatic rings. The molecule has 0 aliphatic carbocycles. The van der Waals surface area contributed by atoms with Gasteiger partial charge in [0, 0.05) is 31.4 Å². The van der Waals surface area contributed by atoms with Gasteiger partial charge in [-0.1, -0.05) is 30.3 Å². The highest BCUT2D eigenvalue weighted by Crippen LogP contribution is 2.24. The Morgan fingerprint density at radius 2 is 1.76 bits per heavy atom. The van der Waals surface area contributed by atoms with Gasteiger partial charge in [-0.25, -0.2) is 4.98 Å². The second kappa shape index (κ2) is 4.18. The molecular formula is C14H15N3. The van der Waals surface area contributed by atoms with Crippen LogP contribution in [0.5, 0.6) is 0 Å². The van der Waals surface area contributed by atoms with E-state index < -0.39 is 0 Å². The third-order valence-corrected chi connectivity index (χ3v) is 3.23. The summed E-state index contributed by atoms with van der Waals surface area (Å²) in [5.41, 5.74) is 9.83. The summed E-state index contributed by atoms with van der Waals surface area (Å²) in [7, 11) is 0. The second-order valence-electron chi connectivity index (χ2n) is 4.46. The van der Waals surface area contributed by atoms with E-state index in [1.807, 2.05) is 12.1 Å². The van der Waals surface area contributed by atoms with E-state index in [2.05, 4.69) is 34.1 Å². The fourth-order valence-electron chi connectivity index (χ4n) is 2.34. The lowest BCUT2D eigenvalue weighted by atomic mass is 10.1. The summed E-state index contributed by atoms with van der Waals surface area (Å²) in [5, 5.41) is 0. The van der Waals surface area contributed by atoms with Gasteiger partial charge in [0.1, 0.15) is 5.82 Å². The van der Waals surface area contributed by atoms with Crippen molar-refractivity contribution in [3.63, 3.8) is 0 Å². The Kier molecular flexibility index (Phi) is 2.53. The van der Waals surface area contributed by atoms with E-state index >= 15 is 0 Å². The number of anilines is 1. The summed E-state index contributed by atoms with van der Waals surface area (Å²) in [6.07, 6.45) is 1.73. The van der Waals surface area contributed by atoms with Crippen LogP contribution >= 0.6 is 0 Å². The van der Waals surface area contributed by atoms with E-state index in [1.165, 1.54) is 11.1 Å². The molecule has 0 spiro atoms. The van der Waals surface area contributed by atoms with E-state index in [0.29, 0.717) is 5.82 Å². The molecule has 86 valence electrons. The Morgan fingerprint density at radius 1 is 1.06 bits per heavy atom. The lowest BCUT2D eigenvalue weighted by Crippen LogP contribution is -2.16. The van der Waals surface area contributed by atoms with Gasteiger partial charge in [0.15, 0.2) is 0 Å². The molecule has 1 aliphatic rings. The van der Waals surface area contributed by atoms with Crippen LogP contribution in [0.2, 0.25) is 0 Å². The van der Waals surface area contributed by atoms with Crippen LogP contribution in [0.3, 0.4) is 0 Å². The Labute approximate surface area is 101 Å². The van der Waals surface area contributed by atoms with Gasteiger partial charge < -0.3 is 5.73 Å². The largest absolute Gasteiger partial charge is 0.383 e. The molecule has 0 radical (unpaired) electrons. The zero-order valence-corrected chi connectivity index (χ0v) is 9.63. The number of rotatable bonds is 2. The second-order valence-corrected chi connectivity index (χ2v) is 4.46. The topological polar surface area (TPSA) is 42.1 Å². The molecule has 0 saturated carbocycles. The molecule has 1 aliphatic heterocycles. The summed E-state index contributed by atoms with van der Waals surface area (Å²) in [4.78, 5) is 6.51. The van der Waals surface area contributed by atoms with Gasteiger partial charge in [-0.05, 0) is 17.2 Å². The highest BCUT2D eigenvalue weighted by molar-refractivity contribution is 5.39. The lowest BCUT2D eigenvalue weighted by Gasteiger charge is -2.15. The molecule has 0 fully saturated rings. The quantitative estimate of drug-likeness (QED) is 0.851. The maximum absolute atomic E-state index is 5.87. The zero-order valence-electron chi connectivity index (χ0n) is 9.63. The number of aromatic nitrogens is 1. The summed E-state index contributed by atoms with van der Waals surface area (Å²) in [6, 6.07) is 12.6. The monoisotopic (exact) mass is 225 g/mol. The SMILES string of the molecule is Nc1ncccc1CN1Cc2ccccc2C1. The molecular weight excluding hydrogens is 210 g/mol. The van der Waals surface area contributed by atoms with Crippen LogP contribution < -0.4 is 5.73 Å². The van der Waals surface area contributed by atoms with Crippen LogP contribution in [0, 0.1) is 0 Å². The minimum atomic E-state index is 0.642. The van der Waals surface area contributed by atoms with Crippen molar-refractivity contribution in [1.82, 2.24) is 9.88 Å². The van der Waals surface area contributed by atoms with Crippen LogP contribution in [0.15, 0.2) is 42.6 Å². The first kappa shape index (κ1) is 10.3. The van der Waals surface area contributed by atoms with Crippen LogP contribution in [0.25, 0.3) is 0 Å². The standard InChI is InChI=1S/C14H15N3/c15-14-13(6-3-7-16-14)10-17-8-11-4-1-2-5-12(11)9-17/h1-7H,8-10H2,(H2,15,16). The van der Waals surface area contributed by atoms with Gasteiger partial charge in [-0.2, -0.15) is 0 Å². The normalized spacial score (nSPS) is 14.8. The average molecular weight is 225 g/mol. The van der Waals surface area contributed by atoms with E-state index in [9.17, 15) is 0 Å². The van der Waals surface area contributed by atoms with Crippen molar-refractivity contribution in [3.8, 4) is 0 Å². The maximum atomic E-state index is 5.87. The smallest absolute Gasteiger partial charge is 0.127 e. The van der Waals surface area contributed by atoms with Gasteiger partial charge in [0.05, 0.1) is 0 Å². The molecule has 0 bridgehead atoms. The minimum Gasteiger partial charge on any atom is -0.383 e. The molecule has 0 atom stereocenters. The van der Waals surface area contributed by atoms with Crippen molar-refractivity contribution in [3.05, 3.63) is 59.3 Å². The molecule has 0 saturated heterocycles. The number of nitrogen functional groups attached to an aromatic ring is 1. The van der Waals surface area contributed by atoms with Crippen LogP contribution in [0.4, 0.5) is 5.82 Å². The van der Waals surface area contributed by atoms with E-state index in [4.69, 9.17) is 5.73 Å². The van der Waals surface area contributed by atoms with Crippen molar-refractivity contribution >= 4 is 5.82 Å². The van der Waals surface area contributed by atoms with Crippen molar-refractivity contribution in [2.45, 2.75) is 19.6 Å². The molecule has 2 N–H and O–H groups in total. The predicted molar refractivity (Wildman–Crippen MR) is 68.0 cm³/mol. The predicted octanol–water partition coefficient (Wildman–Crippen LogP) is 2.18. The molecule has 1 aromatic heterocycles. The molecule has 3 nitrogen and oxygen atoms in total. The maximum Gasteiger partial charge on any atom is 0.127 e. The van der Waals surface area contributed by atoms with E-state index in [-0.39, 0.29) is 0 Å². The highest BCUT2D eigenvalue weighted by atomic mass is 15.1. The number of pyridine rings is 1. The Balaban J connectivity index is 1.76. The van der Waals surface area contributed by atoms with Crippen LogP contribution in [-0.2, 0) is 19.6 Å². The third-order valence-electron chi connectivity index (χ3n) is 3.23. The van der Waals surface area contributed by atoms with Gasteiger partial charge >= 0.3 is 0 Å². The van der Waals surface area contributed by atoms with Gasteiger partial charge in [0.2, 0.25) is 0 Å². The third kappa shape index (κ3) is 2.01. The number of nitrogens with zero attached hydrogens (tertiary/aromatic N) is 2. The number of hydrogen-bond acceptors (Lipinski definition) is 3. The molecule has 2 heterocycles. The molecule has 3 rings (SSSR count). The van der Waals surface area contributed by atoms with Crippen LogP contribution in [-0.4, -0.2) is 9.88 Å². The number of fused-ring (bicyclic) bond motifs is 1. The first-order valence-corrected chi connectivity index (χ1v) is 5.81. The van der Waals surface area contributed by atoms with Crippen molar-refractivity contribution in [2.24, 2.45) is 0 Å². The fourth-order valence-corrected chi connectivity index (χ4v) is 2.34. The number of hydrogen-bond donors (Lipinski definition) is 1. The molecule has 0 amide bonds. The van der Waals surface area contributed by atoms with Gasteiger partial charge in [-0.15, -0.1) is 0 Å². The number of benzene rings is 1. The summed E-state index contributed by atoms with van der Waals surface area (Å²) in [5.74, 6) is 0.642. The Bertz CT molecular complexity index is 511. The average Bonchev–Trinajstić information content (AvgIpc) is 2.74. The van der Waals surface area contributed by atoms with Crippen molar-refractivity contribution < 1.29 is 0 Å². The van der Waals surface area contributed by atoms with Gasteiger partial charge in [-0.3, -0.25) is 4.90 Å². The first-order valence-electron chi connectivity index (χ1n) is 5.81. The fraction of sp³-hybridized carbons (Fsp3) is 0.214. The molecule has 0 unspecified atom stereocenters. The lowest BCUT2D eigenvalue weighted by molar-refractivity contribution is 0.276. The first-order chi connectivity index (χ1) is 8.33. The summed E-state index contributed by atoms with van der Waals surface area (Å²) < 4.78 is 0. The number of nitrogens with two attached hydrogens (primary N) is 1. The Morgan fingerprint density at radius 3 is 2.41 bits per heavy atom. The van der Waals surface area contributed by atoms with Crippen molar-refractivity contribution in [1.29, 1.82) is 0 Å². The Hall–Kier alpha value is -1.87. The van der Waals surface area contributed by atoms with E-state index in [1.54, 1.807) is 6.20 Å². The van der Waals surface area contributed by atoms with Crippen LogP contribution in [0.1, 0.15) is 16.7 Å². The van der Waals surface area contributed by atoms with E-state index in [0.717, 1.165) is 25.2 Å². The molecule has 3 heteroatoms. The minimum absolute atomic E-state index is 0.642. The summed E-state index contributed by atoms with van der Waals surface area (Å²) >= 11 is 0. The molecule has 17 heavy (non-hydrogen) atoms. The highest BCUT2D eigenvalue weighted by Gasteiger charge is 2.18.